The highest BCUT2D eigenvalue weighted by Gasteiger charge is 2.36. The summed E-state index contributed by atoms with van der Waals surface area (Å²) in [6.07, 6.45) is 1.64. The number of carbonyl (C=O) groups is 3. The van der Waals surface area contributed by atoms with E-state index < -0.39 is 52.0 Å². The van der Waals surface area contributed by atoms with Gasteiger partial charge in [-0.1, -0.05) is 24.6 Å². The predicted octanol–water partition coefficient (Wildman–Crippen LogP) is -0.753. The van der Waals surface area contributed by atoms with Crippen LogP contribution < -0.4 is 21.1 Å². The van der Waals surface area contributed by atoms with Gasteiger partial charge in [-0.05, 0) is 37.8 Å². The topological polar surface area (TPSA) is 195 Å². The van der Waals surface area contributed by atoms with Crippen molar-refractivity contribution in [2.75, 3.05) is 13.1 Å². The van der Waals surface area contributed by atoms with Crippen molar-refractivity contribution in [3.63, 3.8) is 0 Å². The van der Waals surface area contributed by atoms with E-state index in [9.17, 15) is 27.9 Å². The number of amides is 4. The van der Waals surface area contributed by atoms with Crippen LogP contribution in [0.4, 0.5) is 4.79 Å². The van der Waals surface area contributed by atoms with Crippen LogP contribution in [0.5, 0.6) is 0 Å². The number of amidine groups is 1. The summed E-state index contributed by atoms with van der Waals surface area (Å²) in [5.41, 5.74) is 5.52. The van der Waals surface area contributed by atoms with Gasteiger partial charge in [-0.15, -0.1) is 0 Å². The number of sulfonamides is 1. The first kappa shape index (κ1) is 25.4. The highest BCUT2D eigenvalue weighted by atomic mass is 32.2. The third kappa shape index (κ3) is 6.23. The van der Waals surface area contributed by atoms with Crippen LogP contribution in [-0.4, -0.2) is 73.4 Å². The van der Waals surface area contributed by atoms with Crippen LogP contribution in [0.3, 0.4) is 0 Å². The molecule has 34 heavy (non-hydrogen) atoms. The number of benzene rings is 1. The number of piperidine rings is 1. The molecule has 0 aromatic heterocycles. The maximum absolute atomic E-state index is 12.8. The molecule has 4 atom stereocenters. The molecular formula is C21H30N6O6S. The average Bonchev–Trinajstić information content (AvgIpc) is 2.78. The van der Waals surface area contributed by atoms with E-state index in [-0.39, 0.29) is 17.3 Å². The number of hydrogen-bond donors (Lipinski definition) is 6. The molecule has 0 spiro atoms. The first-order valence-corrected chi connectivity index (χ1v) is 12.6. The van der Waals surface area contributed by atoms with Crippen molar-refractivity contribution in [2.24, 2.45) is 11.7 Å². The predicted molar refractivity (Wildman–Crippen MR) is 122 cm³/mol. The zero-order chi connectivity index (χ0) is 24.9. The van der Waals surface area contributed by atoms with Gasteiger partial charge in [-0.2, -0.15) is 0 Å². The summed E-state index contributed by atoms with van der Waals surface area (Å²) >= 11 is 0. The van der Waals surface area contributed by atoms with Gasteiger partial charge in [0.15, 0.2) is 0 Å². The first-order valence-electron chi connectivity index (χ1n) is 11.1. The second kappa shape index (κ2) is 10.8. The molecular weight excluding hydrogens is 464 g/mol. The largest absolute Gasteiger partial charge is 0.390 e. The SMILES string of the molecule is N=C(N)C1CCC[C@H](NC(=O)CN2CCC[C@H](NC(=O)NS(=O)(=O)c3ccccc3)C2=O)C1O. The van der Waals surface area contributed by atoms with Crippen molar-refractivity contribution in [1.29, 1.82) is 5.41 Å². The van der Waals surface area contributed by atoms with E-state index in [0.29, 0.717) is 38.6 Å². The number of urea groups is 1. The van der Waals surface area contributed by atoms with Crippen LogP contribution in [0.1, 0.15) is 32.1 Å². The molecule has 186 valence electrons. The summed E-state index contributed by atoms with van der Waals surface area (Å²) in [4.78, 5) is 38.8. The van der Waals surface area contributed by atoms with Gasteiger partial charge in [-0.25, -0.2) is 17.9 Å². The van der Waals surface area contributed by atoms with Gasteiger partial charge < -0.3 is 26.4 Å². The quantitative estimate of drug-likeness (QED) is 0.212. The average molecular weight is 495 g/mol. The number of nitrogens with zero attached hydrogens (tertiary/aromatic N) is 1. The molecule has 0 radical (unpaired) electrons. The molecule has 1 saturated carbocycles. The van der Waals surface area contributed by atoms with Crippen LogP contribution >= 0.6 is 0 Å². The van der Waals surface area contributed by atoms with E-state index in [1.54, 1.807) is 6.07 Å². The van der Waals surface area contributed by atoms with Crippen LogP contribution in [0.2, 0.25) is 0 Å². The zero-order valence-corrected chi connectivity index (χ0v) is 19.4. The number of likely N-dealkylation sites (tertiary alicyclic amines) is 1. The van der Waals surface area contributed by atoms with Crippen molar-refractivity contribution >= 4 is 33.7 Å². The minimum atomic E-state index is -4.09. The molecule has 1 heterocycles. The third-order valence-electron chi connectivity index (χ3n) is 6.05. The molecule has 1 aliphatic heterocycles. The van der Waals surface area contributed by atoms with Crippen LogP contribution in [0.15, 0.2) is 35.2 Å². The van der Waals surface area contributed by atoms with Gasteiger partial charge in [-0.3, -0.25) is 15.0 Å². The molecule has 7 N–H and O–H groups in total. The van der Waals surface area contributed by atoms with Crippen molar-refractivity contribution < 1.29 is 27.9 Å². The number of aliphatic hydroxyl groups excluding tert-OH is 1. The minimum Gasteiger partial charge on any atom is -0.390 e. The van der Waals surface area contributed by atoms with Crippen molar-refractivity contribution in [1.82, 2.24) is 20.3 Å². The van der Waals surface area contributed by atoms with Crippen molar-refractivity contribution in [2.45, 2.75) is 55.2 Å². The third-order valence-corrected chi connectivity index (χ3v) is 7.40. The van der Waals surface area contributed by atoms with Crippen LogP contribution in [-0.2, 0) is 19.6 Å². The molecule has 2 unspecified atom stereocenters. The summed E-state index contributed by atoms with van der Waals surface area (Å²) in [6, 6.07) is 4.77. The van der Waals surface area contributed by atoms with Crippen LogP contribution in [0.25, 0.3) is 0 Å². The lowest BCUT2D eigenvalue weighted by molar-refractivity contribution is -0.140. The molecule has 2 aliphatic rings. The fraction of sp³-hybridized carbons (Fsp3) is 0.524. The molecule has 2 fully saturated rings. The van der Waals surface area contributed by atoms with Gasteiger partial charge in [0.1, 0.15) is 6.04 Å². The fourth-order valence-electron chi connectivity index (χ4n) is 4.30. The summed E-state index contributed by atoms with van der Waals surface area (Å²) in [5.74, 6) is -1.62. The van der Waals surface area contributed by atoms with Gasteiger partial charge in [0.05, 0.1) is 29.4 Å². The summed E-state index contributed by atoms with van der Waals surface area (Å²) < 4.78 is 26.5. The second-order valence-corrected chi connectivity index (χ2v) is 10.2. The Morgan fingerprint density at radius 1 is 1.12 bits per heavy atom. The number of rotatable bonds is 7. The Morgan fingerprint density at radius 3 is 2.50 bits per heavy atom. The molecule has 3 rings (SSSR count). The number of aliphatic hydroxyl groups is 1. The Labute approximate surface area is 197 Å². The zero-order valence-electron chi connectivity index (χ0n) is 18.6. The molecule has 1 aliphatic carbocycles. The van der Waals surface area contributed by atoms with Crippen LogP contribution in [0, 0.1) is 11.3 Å². The van der Waals surface area contributed by atoms with E-state index in [4.69, 9.17) is 11.1 Å². The van der Waals surface area contributed by atoms with E-state index in [1.807, 2.05) is 4.72 Å². The highest BCUT2D eigenvalue weighted by Crippen LogP contribution is 2.25. The molecule has 4 amide bonds. The van der Waals surface area contributed by atoms with Crippen molar-refractivity contribution in [3.05, 3.63) is 30.3 Å². The number of hydrogen-bond acceptors (Lipinski definition) is 7. The first-order chi connectivity index (χ1) is 16.1. The Bertz CT molecular complexity index is 1030. The fourth-order valence-corrected chi connectivity index (χ4v) is 5.24. The molecule has 1 saturated heterocycles. The lowest BCUT2D eigenvalue weighted by atomic mass is 9.82. The highest BCUT2D eigenvalue weighted by molar-refractivity contribution is 7.90. The van der Waals surface area contributed by atoms with E-state index in [0.717, 1.165) is 0 Å². The number of carbonyl (C=O) groups excluding carboxylic acids is 3. The lowest BCUT2D eigenvalue weighted by Crippen LogP contribution is -2.58. The molecule has 1 aromatic carbocycles. The summed E-state index contributed by atoms with van der Waals surface area (Å²) in [6.45, 7) is 0.0343. The molecule has 12 nitrogen and oxygen atoms in total. The number of nitrogens with one attached hydrogen (secondary N) is 4. The summed E-state index contributed by atoms with van der Waals surface area (Å²) in [7, 11) is -4.09. The van der Waals surface area contributed by atoms with Gasteiger partial charge in [0.2, 0.25) is 11.8 Å². The molecule has 13 heteroatoms. The van der Waals surface area contributed by atoms with E-state index in [1.165, 1.54) is 29.2 Å². The molecule has 1 aromatic rings. The summed E-state index contributed by atoms with van der Waals surface area (Å²) in [5, 5.41) is 23.1. The standard InChI is InChI=1S/C21H30N6O6S/c22-19(23)14-8-4-9-15(18(14)29)24-17(28)12-27-11-5-10-16(20(27)30)25-21(31)26-34(32,33)13-6-2-1-3-7-13/h1-3,6-7,14-16,18,29H,4-5,8-12H2,(H3,22,23)(H,24,28)(H2,25,26,31)/t14?,15-,16-,18?/m0/s1. The van der Waals surface area contributed by atoms with Gasteiger partial charge in [0.25, 0.3) is 10.0 Å². The van der Waals surface area contributed by atoms with E-state index in [2.05, 4.69) is 10.6 Å². The van der Waals surface area contributed by atoms with Crippen molar-refractivity contribution in [3.8, 4) is 0 Å². The molecule has 0 bridgehead atoms. The minimum absolute atomic E-state index is 0.0877. The smallest absolute Gasteiger partial charge is 0.329 e. The normalized spacial score (nSPS) is 25.3. The Morgan fingerprint density at radius 2 is 1.82 bits per heavy atom. The van der Waals surface area contributed by atoms with E-state index >= 15 is 0 Å². The Balaban J connectivity index is 1.53. The Kier molecular flexibility index (Phi) is 8.10. The second-order valence-electron chi connectivity index (χ2n) is 8.50. The number of nitrogens with two attached hydrogens (primary N) is 1. The lowest BCUT2D eigenvalue weighted by Gasteiger charge is -2.36. The monoisotopic (exact) mass is 494 g/mol. The van der Waals surface area contributed by atoms with Gasteiger partial charge >= 0.3 is 6.03 Å². The maximum atomic E-state index is 12.8. The Hall–Kier alpha value is -3.19. The maximum Gasteiger partial charge on any atom is 0.329 e. The van der Waals surface area contributed by atoms with Gasteiger partial charge in [0, 0.05) is 12.5 Å².